The van der Waals surface area contributed by atoms with E-state index in [0.29, 0.717) is 11.4 Å². The Bertz CT molecular complexity index is 659. The van der Waals surface area contributed by atoms with Gasteiger partial charge in [0, 0.05) is 11.9 Å². The molecule has 0 radical (unpaired) electrons. The number of anilines is 1. The second-order valence-corrected chi connectivity index (χ2v) is 4.08. The highest BCUT2D eigenvalue weighted by Crippen LogP contribution is 2.16. The zero-order chi connectivity index (χ0) is 15.2. The summed E-state index contributed by atoms with van der Waals surface area (Å²) in [6, 6.07) is 9.03. The second kappa shape index (κ2) is 6.47. The number of rotatable bonds is 5. The van der Waals surface area contributed by atoms with Gasteiger partial charge in [-0.15, -0.1) is 0 Å². The minimum Gasteiger partial charge on any atom is -0.484 e. The molecule has 2 rings (SSSR count). The van der Waals surface area contributed by atoms with Crippen molar-refractivity contribution in [2.75, 3.05) is 11.9 Å². The first kappa shape index (κ1) is 14.4. The van der Waals surface area contributed by atoms with Crippen LogP contribution in [0.25, 0.3) is 0 Å². The number of ether oxygens (including phenoxy) is 1. The third-order valence-electron chi connectivity index (χ3n) is 2.50. The number of amides is 2. The van der Waals surface area contributed by atoms with Crippen LogP contribution in [0.1, 0.15) is 10.4 Å². The number of carbonyl (C=O) groups excluding carboxylic acids is 2. The molecule has 0 saturated heterocycles. The van der Waals surface area contributed by atoms with E-state index in [-0.39, 0.29) is 12.2 Å². The molecule has 0 spiro atoms. The number of benzene rings is 1. The Morgan fingerprint density at radius 3 is 2.57 bits per heavy atom. The van der Waals surface area contributed by atoms with Crippen molar-refractivity contribution in [1.29, 1.82) is 0 Å². The summed E-state index contributed by atoms with van der Waals surface area (Å²) in [6.07, 6.45) is 1.26. The molecule has 0 saturated carbocycles. The van der Waals surface area contributed by atoms with Crippen molar-refractivity contribution in [1.82, 2.24) is 4.98 Å². The Hall–Kier alpha value is -2.96. The Balaban J connectivity index is 2.02. The number of aromatic nitrogens is 1. The van der Waals surface area contributed by atoms with Crippen LogP contribution in [0, 0.1) is 5.95 Å². The van der Waals surface area contributed by atoms with Gasteiger partial charge in [-0.2, -0.15) is 4.39 Å². The summed E-state index contributed by atoms with van der Waals surface area (Å²) in [5.41, 5.74) is 5.26. The highest BCUT2D eigenvalue weighted by Gasteiger charge is 2.12. The van der Waals surface area contributed by atoms with Crippen LogP contribution in [0.4, 0.5) is 10.1 Å². The fraction of sp³-hybridized carbons (Fsp3) is 0.0714. The van der Waals surface area contributed by atoms with E-state index in [1.807, 2.05) is 0 Å². The van der Waals surface area contributed by atoms with Crippen LogP contribution in [0.5, 0.6) is 5.75 Å². The summed E-state index contributed by atoms with van der Waals surface area (Å²) in [5, 5.41) is 2.53. The average molecular weight is 289 g/mol. The maximum Gasteiger partial charge on any atom is 0.260 e. The molecule has 7 heteroatoms. The van der Waals surface area contributed by atoms with Gasteiger partial charge in [-0.1, -0.05) is 0 Å². The quantitative estimate of drug-likeness (QED) is 0.812. The van der Waals surface area contributed by atoms with Crippen molar-refractivity contribution in [2.24, 2.45) is 5.73 Å². The molecule has 0 atom stereocenters. The lowest BCUT2D eigenvalue weighted by atomic mass is 10.2. The summed E-state index contributed by atoms with van der Waals surface area (Å²) in [5.74, 6) is -1.60. The summed E-state index contributed by atoms with van der Waals surface area (Å²) in [7, 11) is 0. The molecule has 0 aliphatic carbocycles. The zero-order valence-corrected chi connectivity index (χ0v) is 10.9. The highest BCUT2D eigenvalue weighted by atomic mass is 19.1. The number of hydrogen-bond acceptors (Lipinski definition) is 4. The molecule has 2 aromatic rings. The molecule has 1 aromatic heterocycles. The molecule has 6 nitrogen and oxygen atoms in total. The van der Waals surface area contributed by atoms with Crippen LogP contribution < -0.4 is 15.8 Å². The van der Waals surface area contributed by atoms with E-state index in [2.05, 4.69) is 10.3 Å². The Labute approximate surface area is 119 Å². The first-order valence-corrected chi connectivity index (χ1v) is 5.99. The summed E-state index contributed by atoms with van der Waals surface area (Å²) >= 11 is 0. The number of primary amides is 1. The molecular weight excluding hydrogens is 277 g/mol. The number of halogens is 1. The SMILES string of the molecule is NC(=O)COc1ccc(NC(=O)c2cccnc2F)cc1. The van der Waals surface area contributed by atoms with Crippen LogP contribution in [0.2, 0.25) is 0 Å². The summed E-state index contributed by atoms with van der Waals surface area (Å²) in [6.45, 7) is -0.230. The number of nitrogens with zero attached hydrogens (tertiary/aromatic N) is 1. The van der Waals surface area contributed by atoms with Crippen LogP contribution in [0.15, 0.2) is 42.6 Å². The van der Waals surface area contributed by atoms with Gasteiger partial charge >= 0.3 is 0 Å². The number of nitrogens with two attached hydrogens (primary N) is 1. The van der Waals surface area contributed by atoms with E-state index in [1.165, 1.54) is 18.3 Å². The third kappa shape index (κ3) is 4.00. The lowest BCUT2D eigenvalue weighted by Crippen LogP contribution is -2.20. The van der Waals surface area contributed by atoms with Gasteiger partial charge in [-0.05, 0) is 36.4 Å². The number of nitrogens with one attached hydrogen (secondary N) is 1. The topological polar surface area (TPSA) is 94.3 Å². The molecule has 2 amide bonds. The number of hydrogen-bond donors (Lipinski definition) is 2. The van der Waals surface area contributed by atoms with Crippen molar-refractivity contribution in [3.8, 4) is 5.75 Å². The lowest BCUT2D eigenvalue weighted by molar-refractivity contribution is -0.119. The predicted molar refractivity (Wildman–Crippen MR) is 73.3 cm³/mol. The van der Waals surface area contributed by atoms with Crippen LogP contribution >= 0.6 is 0 Å². The first-order chi connectivity index (χ1) is 10.1. The maximum absolute atomic E-state index is 13.3. The van der Waals surface area contributed by atoms with E-state index in [0.717, 1.165) is 0 Å². The number of pyridine rings is 1. The van der Waals surface area contributed by atoms with Crippen molar-refractivity contribution < 1.29 is 18.7 Å². The van der Waals surface area contributed by atoms with Gasteiger partial charge in [0.05, 0.1) is 5.56 Å². The van der Waals surface area contributed by atoms with Crippen LogP contribution in [-0.4, -0.2) is 23.4 Å². The zero-order valence-electron chi connectivity index (χ0n) is 10.9. The van der Waals surface area contributed by atoms with Gasteiger partial charge in [-0.3, -0.25) is 9.59 Å². The van der Waals surface area contributed by atoms with Gasteiger partial charge in [0.1, 0.15) is 5.75 Å². The normalized spacial score (nSPS) is 9.95. The lowest BCUT2D eigenvalue weighted by Gasteiger charge is -2.07. The van der Waals surface area contributed by atoms with Crippen molar-refractivity contribution in [3.63, 3.8) is 0 Å². The fourth-order valence-electron chi connectivity index (χ4n) is 1.54. The molecular formula is C14H12FN3O3. The van der Waals surface area contributed by atoms with Crippen LogP contribution in [-0.2, 0) is 4.79 Å². The molecule has 1 heterocycles. The standard InChI is InChI=1S/C14H12FN3O3/c15-13-11(2-1-7-17-13)14(20)18-9-3-5-10(6-4-9)21-8-12(16)19/h1-7H,8H2,(H2,16,19)(H,18,20). The minimum absolute atomic E-state index is 0.147. The predicted octanol–water partition coefficient (Wildman–Crippen LogP) is 1.34. The Kier molecular flexibility index (Phi) is 4.45. The van der Waals surface area contributed by atoms with Gasteiger partial charge in [-0.25, -0.2) is 4.98 Å². The molecule has 0 fully saturated rings. The third-order valence-corrected chi connectivity index (χ3v) is 2.50. The van der Waals surface area contributed by atoms with Gasteiger partial charge in [0.2, 0.25) is 5.95 Å². The first-order valence-electron chi connectivity index (χ1n) is 5.99. The largest absolute Gasteiger partial charge is 0.484 e. The van der Waals surface area contributed by atoms with Gasteiger partial charge in [0.25, 0.3) is 11.8 Å². The minimum atomic E-state index is -0.837. The summed E-state index contributed by atoms with van der Waals surface area (Å²) in [4.78, 5) is 25.8. The second-order valence-electron chi connectivity index (χ2n) is 4.08. The van der Waals surface area contributed by atoms with E-state index < -0.39 is 17.8 Å². The fourth-order valence-corrected chi connectivity index (χ4v) is 1.54. The van der Waals surface area contributed by atoms with Crippen molar-refractivity contribution in [2.45, 2.75) is 0 Å². The molecule has 0 bridgehead atoms. The van der Waals surface area contributed by atoms with Gasteiger partial charge in [0.15, 0.2) is 6.61 Å². The Morgan fingerprint density at radius 2 is 1.95 bits per heavy atom. The van der Waals surface area contributed by atoms with Crippen LogP contribution in [0.3, 0.4) is 0 Å². The highest BCUT2D eigenvalue weighted by molar-refractivity contribution is 6.04. The maximum atomic E-state index is 13.3. The molecule has 0 unspecified atom stereocenters. The van der Waals surface area contributed by atoms with E-state index >= 15 is 0 Å². The molecule has 3 N–H and O–H groups in total. The van der Waals surface area contributed by atoms with E-state index in [1.54, 1.807) is 24.3 Å². The molecule has 0 aliphatic rings. The van der Waals surface area contributed by atoms with E-state index in [4.69, 9.17) is 10.5 Å². The molecule has 1 aromatic carbocycles. The molecule has 108 valence electrons. The van der Waals surface area contributed by atoms with Crippen molar-refractivity contribution in [3.05, 3.63) is 54.1 Å². The van der Waals surface area contributed by atoms with Gasteiger partial charge < -0.3 is 15.8 Å². The molecule has 0 aliphatic heterocycles. The Morgan fingerprint density at radius 1 is 1.24 bits per heavy atom. The number of carbonyl (C=O) groups is 2. The average Bonchev–Trinajstić information content (AvgIpc) is 2.47. The monoisotopic (exact) mass is 289 g/mol. The van der Waals surface area contributed by atoms with Crippen molar-refractivity contribution >= 4 is 17.5 Å². The van der Waals surface area contributed by atoms with E-state index in [9.17, 15) is 14.0 Å². The molecule has 21 heavy (non-hydrogen) atoms. The smallest absolute Gasteiger partial charge is 0.260 e. The summed E-state index contributed by atoms with van der Waals surface area (Å²) < 4.78 is 18.4.